The Balaban J connectivity index is 0.00000200. The van der Waals surface area contributed by atoms with Gasteiger partial charge < -0.3 is 15.4 Å². The van der Waals surface area contributed by atoms with Crippen molar-refractivity contribution in [3.63, 3.8) is 0 Å². The quantitative estimate of drug-likeness (QED) is 0.389. The molecule has 3 aromatic rings. The van der Waals surface area contributed by atoms with E-state index in [0.717, 1.165) is 22.7 Å². The second kappa shape index (κ2) is 13.4. The highest BCUT2D eigenvalue weighted by atomic mass is 35.5. The molecule has 2 aromatic heterocycles. The molecule has 0 radical (unpaired) electrons. The number of thioether (sulfide) groups is 1. The lowest BCUT2D eigenvalue weighted by atomic mass is 10.0. The van der Waals surface area contributed by atoms with E-state index in [1.165, 1.54) is 31.1 Å². The van der Waals surface area contributed by atoms with Gasteiger partial charge in [0.05, 0.1) is 28.5 Å². The molecule has 0 bridgehead atoms. The maximum Gasteiger partial charge on any atom is 0.235 e. The van der Waals surface area contributed by atoms with E-state index in [4.69, 9.17) is 16.3 Å². The van der Waals surface area contributed by atoms with Crippen LogP contribution in [0.15, 0.2) is 35.4 Å². The maximum atomic E-state index is 15.0. The molecule has 1 amide bonds. The Morgan fingerprint density at radius 2 is 2.13 bits per heavy atom. The molecule has 5 rings (SSSR count). The molecule has 1 saturated heterocycles. The third-order valence-electron chi connectivity index (χ3n) is 6.57. The van der Waals surface area contributed by atoms with Crippen LogP contribution in [0.5, 0.6) is 5.75 Å². The fraction of sp³-hybridized carbons (Fsp3) is 0.400. The third-order valence-corrected chi connectivity index (χ3v) is 7.95. The second-order valence-corrected chi connectivity index (χ2v) is 10.3. The van der Waals surface area contributed by atoms with Crippen molar-refractivity contribution >= 4 is 70.8 Å². The topological polar surface area (TPSA) is 79.4 Å². The molecule has 13 heteroatoms. The number of carbonyl (C=O) groups is 1. The van der Waals surface area contributed by atoms with E-state index in [0.29, 0.717) is 60.2 Å². The zero-order chi connectivity index (χ0) is 25.2. The molecule has 2 aliphatic rings. The number of rotatable bonds is 7. The zero-order valence-electron chi connectivity index (χ0n) is 20.5. The number of hydrogen-bond acceptors (Lipinski definition) is 7. The molecular weight excluding hydrogens is 579 g/mol. The number of piperidine rings is 1. The summed E-state index contributed by atoms with van der Waals surface area (Å²) < 4.78 is 34.7. The lowest BCUT2D eigenvalue weighted by Crippen LogP contribution is -2.51. The molecule has 2 atom stereocenters. The van der Waals surface area contributed by atoms with Crippen molar-refractivity contribution in [1.29, 1.82) is 0 Å². The molecule has 0 spiro atoms. The fourth-order valence-corrected chi connectivity index (χ4v) is 5.65. The molecule has 38 heavy (non-hydrogen) atoms. The standard InChI is InChI=1S/C25H26ClF2N5O2S.2ClH/c1-35-15-8-17-16(18(26)11-30-24(17)19(27)9-15)4-6-33-7-5-21(20(28)12-33)29-10-14-2-3-22-25(31-14)32-23(34)13-36-22;;/h2-3,8-9,11,20-21,29H,4-7,10,12-13H2,1H3,(H,31,32,34);2*1H/t20-,21+;;/m0../s1. The molecule has 0 aliphatic carbocycles. The largest absolute Gasteiger partial charge is 0.497 e. The average molecular weight is 607 g/mol. The number of carbonyl (C=O) groups excluding carboxylic acids is 1. The van der Waals surface area contributed by atoms with Crippen LogP contribution in [-0.4, -0.2) is 65.5 Å². The number of halogens is 5. The third kappa shape index (κ3) is 6.78. The maximum absolute atomic E-state index is 15.0. The fourth-order valence-electron chi connectivity index (χ4n) is 4.64. The summed E-state index contributed by atoms with van der Waals surface area (Å²) >= 11 is 7.88. The first-order valence-electron chi connectivity index (χ1n) is 11.7. The van der Waals surface area contributed by atoms with Crippen molar-refractivity contribution in [2.45, 2.75) is 36.5 Å². The van der Waals surface area contributed by atoms with Gasteiger partial charge in [-0.3, -0.25) is 14.7 Å². The van der Waals surface area contributed by atoms with Crippen molar-refractivity contribution in [3.05, 3.63) is 52.6 Å². The number of amides is 1. The molecule has 0 unspecified atom stereocenters. The van der Waals surface area contributed by atoms with Crippen LogP contribution < -0.4 is 15.4 Å². The molecule has 1 aromatic carbocycles. The Morgan fingerprint density at radius 1 is 1.32 bits per heavy atom. The number of hydrogen-bond donors (Lipinski definition) is 2. The number of alkyl halides is 1. The lowest BCUT2D eigenvalue weighted by Gasteiger charge is -2.35. The first-order valence-corrected chi connectivity index (χ1v) is 13.1. The molecule has 1 fully saturated rings. The van der Waals surface area contributed by atoms with Gasteiger partial charge in [-0.15, -0.1) is 36.6 Å². The highest BCUT2D eigenvalue weighted by Crippen LogP contribution is 2.31. The molecule has 206 valence electrons. The number of likely N-dealkylation sites (tertiary alicyclic amines) is 1. The van der Waals surface area contributed by atoms with E-state index in [9.17, 15) is 9.18 Å². The van der Waals surface area contributed by atoms with Crippen LogP contribution in [0, 0.1) is 5.82 Å². The summed E-state index contributed by atoms with van der Waals surface area (Å²) in [5, 5.41) is 7.13. The molecule has 0 saturated carbocycles. The lowest BCUT2D eigenvalue weighted by molar-refractivity contribution is -0.113. The van der Waals surface area contributed by atoms with Crippen LogP contribution in [0.4, 0.5) is 14.6 Å². The van der Waals surface area contributed by atoms with Crippen molar-refractivity contribution in [1.82, 2.24) is 20.2 Å². The van der Waals surface area contributed by atoms with E-state index >= 15 is 4.39 Å². The number of ether oxygens (including phenoxy) is 1. The summed E-state index contributed by atoms with van der Waals surface area (Å²) in [7, 11) is 1.48. The van der Waals surface area contributed by atoms with Gasteiger partial charge in [-0.1, -0.05) is 11.6 Å². The van der Waals surface area contributed by atoms with Gasteiger partial charge in [-0.05, 0) is 43.1 Å². The summed E-state index contributed by atoms with van der Waals surface area (Å²) in [6, 6.07) is 6.59. The van der Waals surface area contributed by atoms with Crippen molar-refractivity contribution in [3.8, 4) is 5.75 Å². The van der Waals surface area contributed by atoms with Crippen LogP contribution in [-0.2, 0) is 17.8 Å². The van der Waals surface area contributed by atoms with E-state index in [1.54, 1.807) is 6.07 Å². The number of nitrogens with zero attached hydrogens (tertiary/aromatic N) is 3. The minimum Gasteiger partial charge on any atom is -0.497 e. The molecule has 7 nitrogen and oxygen atoms in total. The van der Waals surface area contributed by atoms with Gasteiger partial charge in [0.1, 0.15) is 23.3 Å². The first-order chi connectivity index (χ1) is 17.4. The average Bonchev–Trinajstić information content (AvgIpc) is 2.87. The highest BCUT2D eigenvalue weighted by molar-refractivity contribution is 8.00. The number of aromatic nitrogens is 2. The molecule has 4 heterocycles. The number of anilines is 1. The predicted molar refractivity (Wildman–Crippen MR) is 152 cm³/mol. The minimum absolute atomic E-state index is 0. The molecule has 2 N–H and O–H groups in total. The zero-order valence-corrected chi connectivity index (χ0v) is 23.7. The summed E-state index contributed by atoms with van der Waals surface area (Å²) in [6.07, 6.45) is 1.60. The van der Waals surface area contributed by atoms with Crippen molar-refractivity contribution in [2.24, 2.45) is 0 Å². The summed E-state index contributed by atoms with van der Waals surface area (Å²) in [4.78, 5) is 23.3. The van der Waals surface area contributed by atoms with Crippen LogP contribution in [0.1, 0.15) is 17.7 Å². The molecular formula is C25H28Cl3F2N5O2S. The van der Waals surface area contributed by atoms with E-state index in [-0.39, 0.29) is 42.3 Å². The van der Waals surface area contributed by atoms with E-state index < -0.39 is 12.0 Å². The number of nitrogens with one attached hydrogen (secondary N) is 2. The Kier molecular flexibility index (Phi) is 10.8. The Hall–Kier alpha value is -1.95. The normalized spacial score (nSPS) is 19.2. The van der Waals surface area contributed by atoms with Gasteiger partial charge in [0.15, 0.2) is 5.82 Å². The van der Waals surface area contributed by atoms with Gasteiger partial charge in [0, 0.05) is 43.3 Å². The monoisotopic (exact) mass is 605 g/mol. The van der Waals surface area contributed by atoms with Crippen LogP contribution >= 0.6 is 48.2 Å². The van der Waals surface area contributed by atoms with Gasteiger partial charge in [-0.2, -0.15) is 0 Å². The first kappa shape index (κ1) is 30.6. The Morgan fingerprint density at radius 3 is 2.89 bits per heavy atom. The van der Waals surface area contributed by atoms with E-state index in [2.05, 4.69) is 25.5 Å². The number of fused-ring (bicyclic) bond motifs is 2. The Labute approximate surface area is 241 Å². The number of methoxy groups -OCH3 is 1. The minimum atomic E-state index is -1.05. The summed E-state index contributed by atoms with van der Waals surface area (Å²) in [5.41, 5.74) is 1.78. The second-order valence-electron chi connectivity index (χ2n) is 8.92. The Bertz CT molecular complexity index is 1310. The SMILES string of the molecule is COc1cc(F)c2ncc(Cl)c(CCN3CC[C@@H](NCc4ccc5c(n4)NC(=O)CS5)[C@@H](F)C3)c2c1.Cl.Cl. The number of benzene rings is 1. The van der Waals surface area contributed by atoms with Gasteiger partial charge in [-0.25, -0.2) is 13.8 Å². The van der Waals surface area contributed by atoms with Crippen LogP contribution in [0.3, 0.4) is 0 Å². The number of pyridine rings is 2. The van der Waals surface area contributed by atoms with Gasteiger partial charge in [0.25, 0.3) is 0 Å². The summed E-state index contributed by atoms with van der Waals surface area (Å²) in [5.74, 6) is 0.833. The summed E-state index contributed by atoms with van der Waals surface area (Å²) in [6.45, 7) is 2.03. The van der Waals surface area contributed by atoms with Gasteiger partial charge in [0.2, 0.25) is 5.91 Å². The van der Waals surface area contributed by atoms with Crippen LogP contribution in [0.2, 0.25) is 5.02 Å². The van der Waals surface area contributed by atoms with Crippen molar-refractivity contribution < 1.29 is 18.3 Å². The van der Waals surface area contributed by atoms with E-state index in [1.807, 2.05) is 12.1 Å². The smallest absolute Gasteiger partial charge is 0.235 e. The van der Waals surface area contributed by atoms with Gasteiger partial charge >= 0.3 is 0 Å². The van der Waals surface area contributed by atoms with Crippen molar-refractivity contribution in [2.75, 3.05) is 37.8 Å². The van der Waals surface area contributed by atoms with Crippen LogP contribution in [0.25, 0.3) is 10.9 Å². The predicted octanol–water partition coefficient (Wildman–Crippen LogP) is 5.06. The highest BCUT2D eigenvalue weighted by Gasteiger charge is 2.29. The molecule has 2 aliphatic heterocycles.